The molecule has 124 valence electrons. The predicted octanol–water partition coefficient (Wildman–Crippen LogP) is 2.85. The van der Waals surface area contributed by atoms with Gasteiger partial charge in [-0.3, -0.25) is 4.90 Å². The summed E-state index contributed by atoms with van der Waals surface area (Å²) in [6, 6.07) is 8.33. The molecular weight excluding hydrogens is 318 g/mol. The zero-order valence-corrected chi connectivity index (χ0v) is 14.7. The number of nitrogens with zero attached hydrogens (tertiary/aromatic N) is 5. The van der Waals surface area contributed by atoms with Crippen LogP contribution < -0.4 is 0 Å². The Morgan fingerprint density at radius 3 is 2.79 bits per heavy atom. The zero-order chi connectivity index (χ0) is 16.5. The molecule has 24 heavy (non-hydrogen) atoms. The van der Waals surface area contributed by atoms with Crippen molar-refractivity contribution in [2.75, 3.05) is 33.2 Å². The quantitative estimate of drug-likeness (QED) is 0.732. The van der Waals surface area contributed by atoms with Gasteiger partial charge < -0.3 is 4.90 Å². The third kappa shape index (κ3) is 3.00. The summed E-state index contributed by atoms with van der Waals surface area (Å²) in [7, 11) is 2.19. The molecule has 0 atom stereocenters. The van der Waals surface area contributed by atoms with Crippen LogP contribution in [0, 0.1) is 0 Å². The molecule has 0 aliphatic carbocycles. The number of likely N-dealkylation sites (N-methyl/N-ethyl adjacent to an activating group) is 1. The van der Waals surface area contributed by atoms with Crippen LogP contribution in [-0.4, -0.2) is 57.6 Å². The van der Waals surface area contributed by atoms with E-state index in [1.807, 2.05) is 34.2 Å². The standard InChI is InChI=1S/C18H21N5S/c1-3-14-4-7-18-19-12-16(23(18)20-14)17-6-5-15(24-17)13-22-10-8-21(2)9-11-22/h3-7,12H,1,8-11,13H2,2H3. The Morgan fingerprint density at radius 1 is 1.17 bits per heavy atom. The lowest BCUT2D eigenvalue weighted by atomic mass is 10.3. The normalized spacial score (nSPS) is 16.7. The minimum atomic E-state index is 0.857. The maximum absolute atomic E-state index is 4.59. The van der Waals surface area contributed by atoms with Gasteiger partial charge in [0.05, 0.1) is 16.8 Å². The third-order valence-corrected chi connectivity index (χ3v) is 5.57. The Balaban J connectivity index is 1.57. The number of hydrogen-bond acceptors (Lipinski definition) is 5. The van der Waals surface area contributed by atoms with E-state index < -0.39 is 0 Å². The molecule has 4 rings (SSSR count). The monoisotopic (exact) mass is 339 g/mol. The van der Waals surface area contributed by atoms with Crippen molar-refractivity contribution in [1.82, 2.24) is 24.4 Å². The molecule has 1 saturated heterocycles. The first-order valence-corrected chi connectivity index (χ1v) is 9.02. The molecule has 1 aliphatic heterocycles. The van der Waals surface area contributed by atoms with Crippen LogP contribution in [0.1, 0.15) is 10.6 Å². The van der Waals surface area contributed by atoms with Crippen LogP contribution in [0.25, 0.3) is 22.3 Å². The van der Waals surface area contributed by atoms with Crippen LogP contribution in [-0.2, 0) is 6.54 Å². The van der Waals surface area contributed by atoms with E-state index in [9.17, 15) is 0 Å². The highest BCUT2D eigenvalue weighted by atomic mass is 32.1. The summed E-state index contributed by atoms with van der Waals surface area (Å²) in [6.07, 6.45) is 3.66. The van der Waals surface area contributed by atoms with Crippen molar-refractivity contribution < 1.29 is 0 Å². The smallest absolute Gasteiger partial charge is 0.154 e. The molecule has 3 aromatic heterocycles. The maximum atomic E-state index is 4.59. The lowest BCUT2D eigenvalue weighted by Crippen LogP contribution is -2.43. The van der Waals surface area contributed by atoms with Crippen molar-refractivity contribution in [2.45, 2.75) is 6.54 Å². The Morgan fingerprint density at radius 2 is 2.00 bits per heavy atom. The van der Waals surface area contributed by atoms with Gasteiger partial charge in [0.15, 0.2) is 5.65 Å². The number of rotatable bonds is 4. The average Bonchev–Trinajstić information content (AvgIpc) is 3.22. The van der Waals surface area contributed by atoms with Crippen LogP contribution in [0.3, 0.4) is 0 Å². The fraction of sp³-hybridized carbons (Fsp3) is 0.333. The van der Waals surface area contributed by atoms with Gasteiger partial charge in [0.1, 0.15) is 5.69 Å². The first-order valence-electron chi connectivity index (χ1n) is 8.20. The van der Waals surface area contributed by atoms with Gasteiger partial charge in [-0.2, -0.15) is 5.10 Å². The zero-order valence-electron chi connectivity index (χ0n) is 13.9. The van der Waals surface area contributed by atoms with Crippen LogP contribution in [0.15, 0.2) is 37.0 Å². The molecule has 4 heterocycles. The molecule has 6 heteroatoms. The second-order valence-electron chi connectivity index (χ2n) is 6.22. The second-order valence-corrected chi connectivity index (χ2v) is 7.39. The van der Waals surface area contributed by atoms with Crippen molar-refractivity contribution in [2.24, 2.45) is 0 Å². The maximum Gasteiger partial charge on any atom is 0.154 e. The van der Waals surface area contributed by atoms with Crippen LogP contribution in [0.2, 0.25) is 0 Å². The third-order valence-electron chi connectivity index (χ3n) is 4.48. The van der Waals surface area contributed by atoms with Crippen molar-refractivity contribution in [3.63, 3.8) is 0 Å². The van der Waals surface area contributed by atoms with Gasteiger partial charge in [0.25, 0.3) is 0 Å². The van der Waals surface area contributed by atoms with Gasteiger partial charge in [-0.1, -0.05) is 6.58 Å². The molecule has 0 spiro atoms. The second kappa shape index (κ2) is 6.47. The lowest BCUT2D eigenvalue weighted by molar-refractivity contribution is 0.149. The van der Waals surface area contributed by atoms with Gasteiger partial charge in [0, 0.05) is 37.6 Å². The molecular formula is C18H21N5S. The van der Waals surface area contributed by atoms with Crippen molar-refractivity contribution in [1.29, 1.82) is 0 Å². The summed E-state index contributed by atoms with van der Waals surface area (Å²) >= 11 is 1.83. The number of thiophene rings is 1. The Labute approximate surface area is 145 Å². The Kier molecular flexibility index (Phi) is 4.18. The van der Waals surface area contributed by atoms with E-state index in [0.717, 1.165) is 49.8 Å². The predicted molar refractivity (Wildman–Crippen MR) is 99.2 cm³/mol. The van der Waals surface area contributed by atoms with Gasteiger partial charge in [-0.05, 0) is 37.4 Å². The highest BCUT2D eigenvalue weighted by molar-refractivity contribution is 7.15. The Bertz CT molecular complexity index is 857. The summed E-state index contributed by atoms with van der Waals surface area (Å²) < 4.78 is 1.91. The minimum absolute atomic E-state index is 0.857. The molecule has 1 fully saturated rings. The molecule has 0 N–H and O–H groups in total. The average molecular weight is 339 g/mol. The SMILES string of the molecule is C=Cc1ccc2ncc(-c3ccc(CN4CCN(C)CC4)s3)n2n1. The highest BCUT2D eigenvalue weighted by Gasteiger charge is 2.16. The van der Waals surface area contributed by atoms with E-state index in [1.165, 1.54) is 9.75 Å². The molecule has 1 aliphatic rings. The van der Waals surface area contributed by atoms with Crippen LogP contribution in [0.5, 0.6) is 0 Å². The van der Waals surface area contributed by atoms with E-state index in [2.05, 4.69) is 45.6 Å². The number of piperazine rings is 1. The number of hydrogen-bond donors (Lipinski definition) is 0. The van der Waals surface area contributed by atoms with E-state index in [0.29, 0.717) is 0 Å². The summed E-state index contributed by atoms with van der Waals surface area (Å²) in [4.78, 5) is 12.0. The van der Waals surface area contributed by atoms with Crippen molar-refractivity contribution in [3.05, 3.63) is 47.6 Å². The molecule has 0 radical (unpaired) electrons. The number of fused-ring (bicyclic) bond motifs is 1. The van der Waals surface area contributed by atoms with Gasteiger partial charge in [-0.15, -0.1) is 11.3 Å². The molecule has 0 aromatic carbocycles. The summed E-state index contributed by atoms with van der Waals surface area (Å²) in [5.41, 5.74) is 2.77. The molecule has 5 nitrogen and oxygen atoms in total. The van der Waals surface area contributed by atoms with Gasteiger partial charge in [0.2, 0.25) is 0 Å². The molecule has 0 amide bonds. The molecule has 0 bridgehead atoms. The first-order chi connectivity index (χ1) is 11.7. The molecule has 0 unspecified atom stereocenters. The number of imidazole rings is 1. The largest absolute Gasteiger partial charge is 0.304 e. The van der Waals surface area contributed by atoms with Crippen molar-refractivity contribution >= 4 is 23.1 Å². The number of aromatic nitrogens is 3. The topological polar surface area (TPSA) is 36.7 Å². The molecule has 0 saturated carbocycles. The minimum Gasteiger partial charge on any atom is -0.304 e. The fourth-order valence-corrected chi connectivity index (χ4v) is 4.04. The van der Waals surface area contributed by atoms with E-state index in [4.69, 9.17) is 0 Å². The van der Waals surface area contributed by atoms with Gasteiger partial charge >= 0.3 is 0 Å². The van der Waals surface area contributed by atoms with E-state index in [1.54, 1.807) is 6.08 Å². The Hall–Kier alpha value is -2.02. The first kappa shape index (κ1) is 15.5. The fourth-order valence-electron chi connectivity index (χ4n) is 2.99. The van der Waals surface area contributed by atoms with Crippen molar-refractivity contribution in [3.8, 4) is 10.6 Å². The summed E-state index contributed by atoms with van der Waals surface area (Å²) in [5.74, 6) is 0. The van der Waals surface area contributed by atoms with Crippen LogP contribution >= 0.6 is 11.3 Å². The molecule has 3 aromatic rings. The van der Waals surface area contributed by atoms with Gasteiger partial charge in [-0.25, -0.2) is 9.50 Å². The highest BCUT2D eigenvalue weighted by Crippen LogP contribution is 2.29. The lowest BCUT2D eigenvalue weighted by Gasteiger charge is -2.31. The van der Waals surface area contributed by atoms with E-state index >= 15 is 0 Å². The summed E-state index contributed by atoms with van der Waals surface area (Å²) in [5, 5.41) is 4.59. The summed E-state index contributed by atoms with van der Waals surface area (Å²) in [6.45, 7) is 9.41. The van der Waals surface area contributed by atoms with E-state index in [-0.39, 0.29) is 0 Å². The van der Waals surface area contributed by atoms with Crippen LogP contribution in [0.4, 0.5) is 0 Å².